The van der Waals surface area contributed by atoms with Gasteiger partial charge in [0.15, 0.2) is 0 Å². The predicted molar refractivity (Wildman–Crippen MR) is 95.0 cm³/mol. The van der Waals surface area contributed by atoms with Crippen molar-refractivity contribution in [2.24, 2.45) is 0 Å². The number of anilines is 2. The fourth-order valence-corrected chi connectivity index (χ4v) is 3.06. The molecule has 1 N–H and O–H groups in total. The van der Waals surface area contributed by atoms with Crippen LogP contribution in [0.3, 0.4) is 0 Å². The lowest BCUT2D eigenvalue weighted by Gasteiger charge is -2.41. The molecule has 0 aromatic heterocycles. The number of carbonyl (C=O) groups is 1. The van der Waals surface area contributed by atoms with Crippen LogP contribution in [0.5, 0.6) is 0 Å². The Kier molecular flexibility index (Phi) is 4.51. The van der Waals surface area contributed by atoms with Gasteiger partial charge >= 0.3 is 6.03 Å². The molecule has 2 amide bonds. The van der Waals surface area contributed by atoms with Crippen molar-refractivity contribution in [2.45, 2.75) is 19.9 Å². The number of hydrogen-bond acceptors (Lipinski definition) is 2. The van der Waals surface area contributed by atoms with Crippen molar-refractivity contribution in [1.82, 2.24) is 4.90 Å². The minimum atomic E-state index is -0.0213. The maximum Gasteiger partial charge on any atom is 0.321 e. The van der Waals surface area contributed by atoms with Crippen LogP contribution in [0.15, 0.2) is 54.6 Å². The zero-order valence-corrected chi connectivity index (χ0v) is 13.7. The summed E-state index contributed by atoms with van der Waals surface area (Å²) in [5.74, 6) is 0. The molecule has 4 nitrogen and oxygen atoms in total. The van der Waals surface area contributed by atoms with Gasteiger partial charge in [-0.15, -0.1) is 0 Å². The first-order valence-corrected chi connectivity index (χ1v) is 8.08. The highest BCUT2D eigenvalue weighted by atomic mass is 16.2. The molecule has 2 aromatic carbocycles. The molecule has 1 unspecified atom stereocenters. The van der Waals surface area contributed by atoms with E-state index in [1.165, 1.54) is 11.3 Å². The van der Waals surface area contributed by atoms with Gasteiger partial charge in [0.05, 0.1) is 0 Å². The third-order valence-corrected chi connectivity index (χ3v) is 4.27. The fraction of sp³-hybridized carbons (Fsp3) is 0.316. The van der Waals surface area contributed by atoms with Crippen LogP contribution in [0.1, 0.15) is 12.5 Å². The van der Waals surface area contributed by atoms with Gasteiger partial charge < -0.3 is 15.1 Å². The third-order valence-electron chi connectivity index (χ3n) is 4.27. The lowest BCUT2D eigenvalue weighted by Crippen LogP contribution is -2.54. The highest BCUT2D eigenvalue weighted by Gasteiger charge is 2.26. The number of carbonyl (C=O) groups excluding carboxylic acids is 1. The summed E-state index contributed by atoms with van der Waals surface area (Å²) in [7, 11) is 0. The lowest BCUT2D eigenvalue weighted by atomic mass is 10.1. The Bertz CT molecular complexity index is 671. The van der Waals surface area contributed by atoms with Gasteiger partial charge in [-0.05, 0) is 43.7 Å². The molecule has 1 saturated heterocycles. The number of nitrogens with zero attached hydrogens (tertiary/aromatic N) is 2. The highest BCUT2D eigenvalue weighted by Crippen LogP contribution is 2.22. The summed E-state index contributed by atoms with van der Waals surface area (Å²) < 4.78 is 0. The van der Waals surface area contributed by atoms with Gasteiger partial charge in [0.25, 0.3) is 0 Å². The maximum atomic E-state index is 12.4. The number of para-hydroxylation sites is 1. The molecule has 23 heavy (non-hydrogen) atoms. The van der Waals surface area contributed by atoms with E-state index in [4.69, 9.17) is 0 Å². The SMILES string of the molecule is Cc1cccc(N2CCN(C(=O)Nc3ccccc3)CC2C)c1. The van der Waals surface area contributed by atoms with Crippen LogP contribution in [-0.2, 0) is 0 Å². The van der Waals surface area contributed by atoms with Gasteiger partial charge in [-0.2, -0.15) is 0 Å². The molecule has 0 radical (unpaired) electrons. The molecule has 0 saturated carbocycles. The van der Waals surface area contributed by atoms with E-state index in [0.29, 0.717) is 6.04 Å². The summed E-state index contributed by atoms with van der Waals surface area (Å²) in [5, 5.41) is 2.96. The van der Waals surface area contributed by atoms with Crippen molar-refractivity contribution >= 4 is 17.4 Å². The normalized spacial score (nSPS) is 17.9. The number of benzene rings is 2. The molecule has 0 spiro atoms. The van der Waals surface area contributed by atoms with E-state index in [1.54, 1.807) is 0 Å². The average Bonchev–Trinajstić information content (AvgIpc) is 2.55. The Morgan fingerprint density at radius 3 is 2.57 bits per heavy atom. The zero-order valence-electron chi connectivity index (χ0n) is 13.7. The van der Waals surface area contributed by atoms with Gasteiger partial charge in [0, 0.05) is 37.1 Å². The molecule has 1 aliphatic rings. The number of hydrogen-bond donors (Lipinski definition) is 1. The predicted octanol–water partition coefficient (Wildman–Crippen LogP) is 3.74. The van der Waals surface area contributed by atoms with Gasteiger partial charge in [-0.25, -0.2) is 4.79 Å². The Balaban J connectivity index is 1.63. The zero-order chi connectivity index (χ0) is 16.2. The largest absolute Gasteiger partial charge is 0.365 e. The highest BCUT2D eigenvalue weighted by molar-refractivity contribution is 5.89. The van der Waals surface area contributed by atoms with Crippen LogP contribution >= 0.6 is 0 Å². The summed E-state index contributed by atoms with van der Waals surface area (Å²) >= 11 is 0. The maximum absolute atomic E-state index is 12.4. The van der Waals surface area contributed by atoms with Crippen LogP contribution in [0.25, 0.3) is 0 Å². The van der Waals surface area contributed by atoms with Crippen LogP contribution < -0.4 is 10.2 Å². The summed E-state index contributed by atoms with van der Waals surface area (Å²) in [5.41, 5.74) is 3.34. The molecule has 3 rings (SSSR count). The van der Waals surface area contributed by atoms with E-state index in [2.05, 4.69) is 48.3 Å². The number of piperazine rings is 1. The van der Waals surface area contributed by atoms with E-state index >= 15 is 0 Å². The number of aryl methyl sites for hydroxylation is 1. The topological polar surface area (TPSA) is 35.6 Å². The number of urea groups is 1. The summed E-state index contributed by atoms with van der Waals surface area (Å²) in [6.07, 6.45) is 0. The van der Waals surface area contributed by atoms with Crippen molar-refractivity contribution in [2.75, 3.05) is 29.9 Å². The molecule has 1 aliphatic heterocycles. The molecule has 4 heteroatoms. The van der Waals surface area contributed by atoms with E-state index in [0.717, 1.165) is 25.3 Å². The Hall–Kier alpha value is -2.49. The Morgan fingerprint density at radius 1 is 1.09 bits per heavy atom. The van der Waals surface area contributed by atoms with Crippen molar-refractivity contribution in [3.8, 4) is 0 Å². The second-order valence-corrected chi connectivity index (χ2v) is 6.12. The van der Waals surface area contributed by atoms with Crippen LogP contribution in [-0.4, -0.2) is 36.6 Å². The van der Waals surface area contributed by atoms with Gasteiger partial charge in [-0.3, -0.25) is 0 Å². The first-order valence-electron chi connectivity index (χ1n) is 8.08. The third kappa shape index (κ3) is 3.65. The monoisotopic (exact) mass is 309 g/mol. The average molecular weight is 309 g/mol. The quantitative estimate of drug-likeness (QED) is 0.917. The van der Waals surface area contributed by atoms with Crippen molar-refractivity contribution in [1.29, 1.82) is 0 Å². The molecule has 2 aromatic rings. The van der Waals surface area contributed by atoms with E-state index < -0.39 is 0 Å². The molecule has 1 fully saturated rings. The fourth-order valence-electron chi connectivity index (χ4n) is 3.06. The second-order valence-electron chi connectivity index (χ2n) is 6.12. The van der Waals surface area contributed by atoms with Crippen molar-refractivity contribution in [3.05, 3.63) is 60.2 Å². The standard InChI is InChI=1S/C19H23N3O/c1-15-7-6-10-18(13-15)22-12-11-21(14-16(22)2)19(23)20-17-8-4-3-5-9-17/h3-10,13,16H,11-12,14H2,1-2H3,(H,20,23). The molecule has 1 atom stereocenters. The number of nitrogens with one attached hydrogen (secondary N) is 1. The van der Waals surface area contributed by atoms with Crippen LogP contribution in [0.2, 0.25) is 0 Å². The summed E-state index contributed by atoms with van der Waals surface area (Å²) in [4.78, 5) is 16.7. The van der Waals surface area contributed by atoms with Gasteiger partial charge in [0.2, 0.25) is 0 Å². The smallest absolute Gasteiger partial charge is 0.321 e. The second kappa shape index (κ2) is 6.73. The minimum Gasteiger partial charge on any atom is -0.365 e. The molecule has 0 bridgehead atoms. The van der Waals surface area contributed by atoms with Crippen LogP contribution in [0.4, 0.5) is 16.2 Å². The van der Waals surface area contributed by atoms with E-state index in [9.17, 15) is 4.79 Å². The van der Waals surface area contributed by atoms with Crippen molar-refractivity contribution < 1.29 is 4.79 Å². The first kappa shape index (κ1) is 15.4. The summed E-state index contributed by atoms with van der Waals surface area (Å²) in [6.45, 7) is 6.60. The van der Waals surface area contributed by atoms with Gasteiger partial charge in [-0.1, -0.05) is 30.3 Å². The van der Waals surface area contributed by atoms with Gasteiger partial charge in [0.1, 0.15) is 0 Å². The lowest BCUT2D eigenvalue weighted by molar-refractivity contribution is 0.200. The Labute approximate surface area is 137 Å². The minimum absolute atomic E-state index is 0.0213. The molecule has 120 valence electrons. The van der Waals surface area contributed by atoms with Crippen LogP contribution in [0, 0.1) is 6.92 Å². The Morgan fingerprint density at radius 2 is 1.87 bits per heavy atom. The number of amides is 2. The molecular weight excluding hydrogens is 286 g/mol. The number of rotatable bonds is 2. The molecule has 0 aliphatic carbocycles. The first-order chi connectivity index (χ1) is 11.1. The van der Waals surface area contributed by atoms with E-state index in [-0.39, 0.29) is 6.03 Å². The van der Waals surface area contributed by atoms with Crippen molar-refractivity contribution in [3.63, 3.8) is 0 Å². The molecular formula is C19H23N3O. The molecule has 1 heterocycles. The summed E-state index contributed by atoms with van der Waals surface area (Å²) in [6, 6.07) is 18.4. The van der Waals surface area contributed by atoms with E-state index in [1.807, 2.05) is 35.2 Å².